The standard InChI is InChI=1S/C12H15NO4/c1-5(2)13-11-10-6(3-9(16)12(11)17)7(14)4-8(10)15/h3-5,7,13-17H,1-2H3. The van der Waals surface area contributed by atoms with Gasteiger partial charge in [-0.05, 0) is 26.0 Å². The number of aliphatic hydroxyl groups excluding tert-OH is 2. The smallest absolute Gasteiger partial charge is 0.181 e. The average molecular weight is 237 g/mol. The second-order valence-corrected chi connectivity index (χ2v) is 4.38. The summed E-state index contributed by atoms with van der Waals surface area (Å²) >= 11 is 0. The molecule has 2 rings (SSSR count). The number of phenols is 2. The zero-order valence-corrected chi connectivity index (χ0v) is 9.60. The molecule has 0 fully saturated rings. The lowest BCUT2D eigenvalue weighted by molar-refractivity contribution is 0.230. The van der Waals surface area contributed by atoms with E-state index in [-0.39, 0.29) is 29.0 Å². The molecular weight excluding hydrogens is 222 g/mol. The molecule has 1 unspecified atom stereocenters. The Morgan fingerprint density at radius 2 is 1.88 bits per heavy atom. The van der Waals surface area contributed by atoms with Crippen LogP contribution in [0.2, 0.25) is 0 Å². The van der Waals surface area contributed by atoms with Crippen LogP contribution in [-0.4, -0.2) is 26.5 Å². The number of fused-ring (bicyclic) bond motifs is 1. The predicted molar refractivity (Wildman–Crippen MR) is 64.1 cm³/mol. The van der Waals surface area contributed by atoms with Gasteiger partial charge in [0.2, 0.25) is 0 Å². The van der Waals surface area contributed by atoms with Crippen LogP contribution in [0.3, 0.4) is 0 Å². The fraction of sp³-hybridized carbons (Fsp3) is 0.333. The van der Waals surface area contributed by atoms with Gasteiger partial charge in [0, 0.05) is 17.2 Å². The first-order valence-electron chi connectivity index (χ1n) is 5.36. The quantitative estimate of drug-likeness (QED) is 0.506. The van der Waals surface area contributed by atoms with Gasteiger partial charge in [0.05, 0.1) is 5.69 Å². The summed E-state index contributed by atoms with van der Waals surface area (Å²) in [6.07, 6.45) is 0.291. The van der Waals surface area contributed by atoms with Crippen molar-refractivity contribution in [3.63, 3.8) is 0 Å². The van der Waals surface area contributed by atoms with Crippen molar-refractivity contribution in [1.82, 2.24) is 0 Å². The van der Waals surface area contributed by atoms with E-state index in [4.69, 9.17) is 0 Å². The van der Waals surface area contributed by atoms with E-state index >= 15 is 0 Å². The van der Waals surface area contributed by atoms with E-state index in [9.17, 15) is 20.4 Å². The van der Waals surface area contributed by atoms with Crippen LogP contribution >= 0.6 is 0 Å². The summed E-state index contributed by atoms with van der Waals surface area (Å²) < 4.78 is 0. The van der Waals surface area contributed by atoms with E-state index in [0.29, 0.717) is 11.1 Å². The van der Waals surface area contributed by atoms with E-state index in [0.717, 1.165) is 0 Å². The molecule has 5 N–H and O–H groups in total. The topological polar surface area (TPSA) is 93.0 Å². The maximum Gasteiger partial charge on any atom is 0.181 e. The molecule has 0 saturated carbocycles. The van der Waals surface area contributed by atoms with E-state index in [1.54, 1.807) is 0 Å². The van der Waals surface area contributed by atoms with Gasteiger partial charge in [-0.1, -0.05) is 0 Å². The van der Waals surface area contributed by atoms with E-state index in [1.165, 1.54) is 12.1 Å². The van der Waals surface area contributed by atoms with Crippen molar-refractivity contribution >= 4 is 11.4 Å². The number of phenolic OH excluding ortho intramolecular Hbond substituents is 2. The number of aromatic hydroxyl groups is 2. The number of benzene rings is 1. The third-order valence-electron chi connectivity index (χ3n) is 2.63. The van der Waals surface area contributed by atoms with Crippen LogP contribution in [0.1, 0.15) is 31.1 Å². The third kappa shape index (κ3) is 1.78. The lowest BCUT2D eigenvalue weighted by Crippen LogP contribution is -2.12. The normalized spacial score (nSPS) is 18.1. The van der Waals surface area contributed by atoms with Gasteiger partial charge in [0.25, 0.3) is 0 Å². The number of hydrogen-bond acceptors (Lipinski definition) is 5. The van der Waals surface area contributed by atoms with Crippen LogP contribution in [0.5, 0.6) is 11.5 Å². The van der Waals surface area contributed by atoms with Crippen molar-refractivity contribution < 1.29 is 20.4 Å². The molecular formula is C12H15NO4. The first kappa shape index (κ1) is 11.6. The van der Waals surface area contributed by atoms with Gasteiger partial charge in [0.1, 0.15) is 11.9 Å². The molecule has 5 nitrogen and oxygen atoms in total. The molecule has 0 spiro atoms. The maximum atomic E-state index is 9.78. The summed E-state index contributed by atoms with van der Waals surface area (Å²) in [5.74, 6) is -0.758. The zero-order chi connectivity index (χ0) is 12.7. The Labute approximate surface area is 98.7 Å². The highest BCUT2D eigenvalue weighted by Crippen LogP contribution is 2.46. The van der Waals surface area contributed by atoms with Crippen molar-refractivity contribution in [1.29, 1.82) is 0 Å². The number of nitrogens with one attached hydrogen (secondary N) is 1. The van der Waals surface area contributed by atoms with Crippen LogP contribution in [0, 0.1) is 0 Å². The van der Waals surface area contributed by atoms with E-state index < -0.39 is 6.10 Å². The molecule has 0 saturated heterocycles. The summed E-state index contributed by atoms with van der Waals surface area (Å²) in [4.78, 5) is 0. The Bertz CT molecular complexity index is 494. The largest absolute Gasteiger partial charge is 0.507 e. The van der Waals surface area contributed by atoms with Crippen molar-refractivity contribution in [3.05, 3.63) is 23.3 Å². The van der Waals surface area contributed by atoms with Crippen molar-refractivity contribution in [2.75, 3.05) is 5.32 Å². The van der Waals surface area contributed by atoms with Crippen LogP contribution in [0.4, 0.5) is 5.69 Å². The number of rotatable bonds is 2. The van der Waals surface area contributed by atoms with Crippen molar-refractivity contribution in [2.24, 2.45) is 0 Å². The van der Waals surface area contributed by atoms with Gasteiger partial charge < -0.3 is 25.7 Å². The second-order valence-electron chi connectivity index (χ2n) is 4.38. The lowest BCUT2D eigenvalue weighted by Gasteiger charge is -2.17. The van der Waals surface area contributed by atoms with Crippen LogP contribution in [0.25, 0.3) is 5.76 Å². The van der Waals surface area contributed by atoms with Gasteiger partial charge in [-0.2, -0.15) is 0 Å². The minimum Gasteiger partial charge on any atom is -0.507 e. The van der Waals surface area contributed by atoms with E-state index in [2.05, 4.69) is 5.32 Å². The van der Waals surface area contributed by atoms with Crippen LogP contribution in [-0.2, 0) is 0 Å². The van der Waals surface area contributed by atoms with Gasteiger partial charge in [-0.3, -0.25) is 0 Å². The van der Waals surface area contributed by atoms with Crippen LogP contribution in [0.15, 0.2) is 12.1 Å². The average Bonchev–Trinajstić information content (AvgIpc) is 2.49. The summed E-state index contributed by atoms with van der Waals surface area (Å²) in [5.41, 5.74) is 0.947. The van der Waals surface area contributed by atoms with Gasteiger partial charge in [-0.15, -0.1) is 0 Å². The number of anilines is 1. The summed E-state index contributed by atoms with van der Waals surface area (Å²) in [6, 6.07) is 1.26. The molecule has 1 aromatic carbocycles. The summed E-state index contributed by atoms with van der Waals surface area (Å²) in [7, 11) is 0. The number of hydrogen-bond donors (Lipinski definition) is 5. The molecule has 0 radical (unpaired) electrons. The minimum absolute atomic E-state index is 0.0114. The van der Waals surface area contributed by atoms with Crippen molar-refractivity contribution in [3.8, 4) is 11.5 Å². The van der Waals surface area contributed by atoms with E-state index in [1.807, 2.05) is 13.8 Å². The molecule has 1 aliphatic carbocycles. The molecule has 0 bridgehead atoms. The highest BCUT2D eigenvalue weighted by atomic mass is 16.3. The monoisotopic (exact) mass is 237 g/mol. The SMILES string of the molecule is CC(C)Nc1c(O)c(O)cc2c1C(O)=CC2O. The second kappa shape index (κ2) is 3.85. The highest BCUT2D eigenvalue weighted by molar-refractivity contribution is 5.84. The Hall–Kier alpha value is -1.88. The first-order valence-corrected chi connectivity index (χ1v) is 5.36. The molecule has 1 aromatic rings. The zero-order valence-electron chi connectivity index (χ0n) is 9.60. The number of aliphatic hydroxyl groups is 2. The minimum atomic E-state index is -0.968. The fourth-order valence-electron chi connectivity index (χ4n) is 1.94. The molecule has 0 amide bonds. The lowest BCUT2D eigenvalue weighted by atomic mass is 10.0. The molecule has 17 heavy (non-hydrogen) atoms. The first-order chi connectivity index (χ1) is 7.91. The highest BCUT2D eigenvalue weighted by Gasteiger charge is 2.28. The molecule has 0 aliphatic heterocycles. The molecule has 1 aliphatic rings. The van der Waals surface area contributed by atoms with Crippen LogP contribution < -0.4 is 5.32 Å². The summed E-state index contributed by atoms with van der Waals surface area (Å²) in [5, 5.41) is 41.7. The van der Waals surface area contributed by atoms with Gasteiger partial charge in [0.15, 0.2) is 11.5 Å². The molecule has 1 atom stereocenters. The van der Waals surface area contributed by atoms with Gasteiger partial charge >= 0.3 is 0 Å². The summed E-state index contributed by atoms with van der Waals surface area (Å²) in [6.45, 7) is 3.73. The fourth-order valence-corrected chi connectivity index (χ4v) is 1.94. The Morgan fingerprint density at radius 3 is 2.47 bits per heavy atom. The van der Waals surface area contributed by atoms with Crippen molar-refractivity contribution in [2.45, 2.75) is 26.0 Å². The third-order valence-corrected chi connectivity index (χ3v) is 2.63. The Morgan fingerprint density at radius 1 is 1.24 bits per heavy atom. The molecule has 5 heteroatoms. The molecule has 92 valence electrons. The Balaban J connectivity index is 2.64. The predicted octanol–water partition coefficient (Wildman–Crippen LogP) is 1.86. The molecule has 0 heterocycles. The molecule has 0 aromatic heterocycles. The maximum absolute atomic E-state index is 9.78. The van der Waals surface area contributed by atoms with Gasteiger partial charge in [-0.25, -0.2) is 0 Å². The Kier molecular flexibility index (Phi) is 2.63.